The van der Waals surface area contributed by atoms with Crippen molar-refractivity contribution in [1.82, 2.24) is 4.90 Å². The van der Waals surface area contributed by atoms with Crippen LogP contribution in [0, 0.1) is 0 Å². The van der Waals surface area contributed by atoms with Gasteiger partial charge in [0.2, 0.25) is 5.91 Å². The van der Waals surface area contributed by atoms with Crippen molar-refractivity contribution in [2.45, 2.75) is 44.8 Å². The van der Waals surface area contributed by atoms with E-state index in [1.54, 1.807) is 11.8 Å². The van der Waals surface area contributed by atoms with Crippen LogP contribution in [0.1, 0.15) is 33.1 Å². The summed E-state index contributed by atoms with van der Waals surface area (Å²) in [7, 11) is 0. The third kappa shape index (κ3) is 2.96. The van der Waals surface area contributed by atoms with Crippen LogP contribution in [0.25, 0.3) is 0 Å². The lowest BCUT2D eigenvalue weighted by molar-refractivity contribution is -0.131. The molecule has 0 bridgehead atoms. The topological polar surface area (TPSA) is 66.6 Å². The van der Waals surface area contributed by atoms with Crippen LogP contribution >= 0.6 is 0 Å². The number of carbonyl (C=O) groups is 1. The lowest BCUT2D eigenvalue weighted by Gasteiger charge is -2.20. The number of nitrogens with two attached hydrogens (primary N) is 1. The van der Waals surface area contributed by atoms with E-state index in [4.69, 9.17) is 5.73 Å². The van der Waals surface area contributed by atoms with Gasteiger partial charge in [-0.15, -0.1) is 0 Å². The predicted molar refractivity (Wildman–Crippen MR) is 54.7 cm³/mol. The van der Waals surface area contributed by atoms with E-state index in [2.05, 4.69) is 0 Å². The molecule has 2 unspecified atom stereocenters. The van der Waals surface area contributed by atoms with Gasteiger partial charge in [-0.05, 0) is 19.8 Å². The maximum atomic E-state index is 11.6. The van der Waals surface area contributed by atoms with Gasteiger partial charge in [-0.1, -0.05) is 6.92 Å². The summed E-state index contributed by atoms with van der Waals surface area (Å²) in [5.74, 6) is 0.0668. The average Bonchev–Trinajstić information content (AvgIpc) is 2.46. The number of amides is 1. The van der Waals surface area contributed by atoms with Crippen LogP contribution in [0.2, 0.25) is 0 Å². The van der Waals surface area contributed by atoms with E-state index in [0.717, 1.165) is 6.42 Å². The highest BCUT2D eigenvalue weighted by atomic mass is 16.3. The van der Waals surface area contributed by atoms with Crippen molar-refractivity contribution in [2.75, 3.05) is 13.1 Å². The second kappa shape index (κ2) is 4.28. The second-order valence-electron chi connectivity index (χ2n) is 4.43. The molecule has 1 aliphatic rings. The van der Waals surface area contributed by atoms with Crippen molar-refractivity contribution >= 4 is 5.91 Å². The predicted octanol–water partition coefficient (Wildman–Crippen LogP) is 0.0971. The summed E-state index contributed by atoms with van der Waals surface area (Å²) in [5.41, 5.74) is 5.00. The molecular formula is C10H20N2O2. The highest BCUT2D eigenvalue weighted by molar-refractivity contribution is 5.77. The maximum Gasteiger partial charge on any atom is 0.224 e. The van der Waals surface area contributed by atoms with E-state index in [0.29, 0.717) is 25.9 Å². The molecule has 14 heavy (non-hydrogen) atoms. The smallest absolute Gasteiger partial charge is 0.224 e. The van der Waals surface area contributed by atoms with E-state index in [1.807, 2.05) is 6.92 Å². The molecule has 0 aromatic carbocycles. The average molecular weight is 200 g/mol. The zero-order valence-electron chi connectivity index (χ0n) is 8.99. The van der Waals surface area contributed by atoms with Gasteiger partial charge >= 0.3 is 0 Å². The number of rotatable bonds is 3. The molecule has 1 rings (SSSR count). The number of hydrogen-bond acceptors (Lipinski definition) is 3. The van der Waals surface area contributed by atoms with Crippen molar-refractivity contribution in [2.24, 2.45) is 5.73 Å². The molecule has 2 atom stereocenters. The zero-order chi connectivity index (χ0) is 10.8. The molecule has 4 heteroatoms. The first-order chi connectivity index (χ1) is 6.44. The minimum absolute atomic E-state index is 0.0481. The van der Waals surface area contributed by atoms with Crippen LogP contribution in [0.5, 0.6) is 0 Å². The van der Waals surface area contributed by atoms with Gasteiger partial charge in [-0.2, -0.15) is 0 Å². The fourth-order valence-corrected chi connectivity index (χ4v) is 1.66. The Morgan fingerprint density at radius 2 is 2.36 bits per heavy atom. The van der Waals surface area contributed by atoms with Gasteiger partial charge in [-0.3, -0.25) is 4.79 Å². The summed E-state index contributed by atoms with van der Waals surface area (Å²) in [4.78, 5) is 13.3. The van der Waals surface area contributed by atoms with Gasteiger partial charge in [0, 0.05) is 25.6 Å². The number of carbonyl (C=O) groups excluding carboxylic acids is 1. The Morgan fingerprint density at radius 3 is 2.79 bits per heavy atom. The number of aliphatic hydroxyl groups is 1. The Balaban J connectivity index is 2.40. The van der Waals surface area contributed by atoms with Crippen molar-refractivity contribution in [3.8, 4) is 0 Å². The fraction of sp³-hybridized carbons (Fsp3) is 0.900. The summed E-state index contributed by atoms with van der Waals surface area (Å²) in [6.45, 7) is 4.84. The highest BCUT2D eigenvalue weighted by Gasteiger charge is 2.33. The number of nitrogens with zero attached hydrogens (tertiary/aromatic N) is 1. The quantitative estimate of drug-likeness (QED) is 0.679. The Kier molecular flexibility index (Phi) is 3.50. The summed E-state index contributed by atoms with van der Waals surface area (Å²) >= 11 is 0. The molecule has 3 N–H and O–H groups in total. The number of β-amino-alcohol motifs (C(OH)–C–C–N with tert-alkyl or cyclic N) is 1. The fourth-order valence-electron chi connectivity index (χ4n) is 1.66. The minimum atomic E-state index is -0.702. The lowest BCUT2D eigenvalue weighted by Crippen LogP contribution is -2.37. The third-order valence-electron chi connectivity index (χ3n) is 2.77. The van der Waals surface area contributed by atoms with Crippen LogP contribution in [0.4, 0.5) is 0 Å². The molecule has 1 saturated heterocycles. The summed E-state index contributed by atoms with van der Waals surface area (Å²) in [6.07, 6.45) is 1.88. The van der Waals surface area contributed by atoms with E-state index in [1.165, 1.54) is 0 Å². The van der Waals surface area contributed by atoms with Gasteiger partial charge in [-0.25, -0.2) is 0 Å². The molecule has 0 aromatic rings. The van der Waals surface area contributed by atoms with Crippen LogP contribution in [0.3, 0.4) is 0 Å². The molecule has 0 spiro atoms. The second-order valence-corrected chi connectivity index (χ2v) is 4.43. The molecule has 1 fully saturated rings. The maximum absolute atomic E-state index is 11.6. The molecule has 1 amide bonds. The normalized spacial score (nSPS) is 29.3. The number of likely N-dealkylation sites (tertiary alicyclic amines) is 1. The Hall–Kier alpha value is -0.610. The van der Waals surface area contributed by atoms with Crippen molar-refractivity contribution < 1.29 is 9.90 Å². The largest absolute Gasteiger partial charge is 0.388 e. The first-order valence-electron chi connectivity index (χ1n) is 5.20. The van der Waals surface area contributed by atoms with E-state index in [9.17, 15) is 9.90 Å². The van der Waals surface area contributed by atoms with Gasteiger partial charge in [0.05, 0.1) is 5.60 Å². The molecular weight excluding hydrogens is 180 g/mol. The van der Waals surface area contributed by atoms with Crippen LogP contribution in [-0.4, -0.2) is 40.6 Å². The third-order valence-corrected chi connectivity index (χ3v) is 2.77. The minimum Gasteiger partial charge on any atom is -0.388 e. The molecule has 1 aliphatic heterocycles. The summed E-state index contributed by atoms with van der Waals surface area (Å²) < 4.78 is 0. The van der Waals surface area contributed by atoms with E-state index in [-0.39, 0.29) is 11.9 Å². The van der Waals surface area contributed by atoms with Crippen LogP contribution < -0.4 is 5.73 Å². The molecule has 82 valence electrons. The van der Waals surface area contributed by atoms with Crippen LogP contribution in [-0.2, 0) is 4.79 Å². The Bertz CT molecular complexity index is 216. The van der Waals surface area contributed by atoms with E-state index < -0.39 is 5.60 Å². The van der Waals surface area contributed by atoms with Gasteiger partial charge in [0.25, 0.3) is 0 Å². The Labute approximate surface area is 85.1 Å². The van der Waals surface area contributed by atoms with Crippen molar-refractivity contribution in [3.05, 3.63) is 0 Å². The first kappa shape index (κ1) is 11.5. The van der Waals surface area contributed by atoms with Crippen LogP contribution in [0.15, 0.2) is 0 Å². The van der Waals surface area contributed by atoms with E-state index >= 15 is 0 Å². The van der Waals surface area contributed by atoms with Gasteiger partial charge < -0.3 is 15.7 Å². The van der Waals surface area contributed by atoms with Crippen molar-refractivity contribution in [3.63, 3.8) is 0 Å². The Morgan fingerprint density at radius 1 is 1.71 bits per heavy atom. The summed E-state index contributed by atoms with van der Waals surface area (Å²) in [5, 5.41) is 9.68. The SMILES string of the molecule is CCC(N)CC(=O)N1CCC(C)(O)C1. The van der Waals surface area contributed by atoms with Crippen molar-refractivity contribution in [1.29, 1.82) is 0 Å². The first-order valence-corrected chi connectivity index (χ1v) is 5.20. The molecule has 1 heterocycles. The monoisotopic (exact) mass is 200 g/mol. The molecule has 0 aromatic heterocycles. The van der Waals surface area contributed by atoms with Gasteiger partial charge in [0.15, 0.2) is 0 Å². The summed E-state index contributed by atoms with van der Waals surface area (Å²) in [6, 6.07) is -0.0481. The molecule has 0 radical (unpaired) electrons. The zero-order valence-corrected chi connectivity index (χ0v) is 8.99. The number of hydrogen-bond donors (Lipinski definition) is 2. The lowest BCUT2D eigenvalue weighted by atomic mass is 10.1. The molecule has 4 nitrogen and oxygen atoms in total. The molecule has 0 aliphatic carbocycles. The standard InChI is InChI=1S/C10H20N2O2/c1-3-8(11)6-9(13)12-5-4-10(2,14)7-12/h8,14H,3-7,11H2,1-2H3. The highest BCUT2D eigenvalue weighted by Crippen LogP contribution is 2.20. The molecule has 0 saturated carbocycles. The van der Waals surface area contributed by atoms with Gasteiger partial charge in [0.1, 0.15) is 0 Å².